The van der Waals surface area contributed by atoms with E-state index in [1.807, 2.05) is 13.8 Å². The zero-order chi connectivity index (χ0) is 11.1. The quantitative estimate of drug-likeness (QED) is 0.612. The second kappa shape index (κ2) is 6.37. The van der Waals surface area contributed by atoms with E-state index in [1.54, 1.807) is 0 Å². The summed E-state index contributed by atoms with van der Waals surface area (Å²) in [4.78, 5) is 21.1. The fraction of sp³-hybridized carbons (Fsp3) is 0.778. The first-order valence-electron chi connectivity index (χ1n) is 4.53. The Hall–Kier alpha value is -1.10. The molecule has 0 aliphatic carbocycles. The summed E-state index contributed by atoms with van der Waals surface area (Å²) in [5, 5.41) is 17.3. The van der Waals surface area contributed by atoms with Crippen LogP contribution in [-0.4, -0.2) is 34.9 Å². The highest BCUT2D eigenvalue weighted by Gasteiger charge is 2.20. The molecule has 0 amide bonds. The first-order valence-corrected chi connectivity index (χ1v) is 4.53. The van der Waals surface area contributed by atoms with Crippen molar-refractivity contribution >= 4 is 11.9 Å². The number of aliphatic carboxylic acids is 1. The van der Waals surface area contributed by atoms with Crippen LogP contribution in [0.2, 0.25) is 0 Å². The molecule has 0 aromatic carbocycles. The van der Waals surface area contributed by atoms with E-state index in [0.29, 0.717) is 0 Å². The largest absolute Gasteiger partial charge is 0.481 e. The Morgan fingerprint density at radius 2 is 2.00 bits per heavy atom. The van der Waals surface area contributed by atoms with Crippen LogP contribution in [0.25, 0.3) is 0 Å². The maximum Gasteiger partial charge on any atom is 0.335 e. The predicted molar refractivity (Wildman–Crippen MR) is 48.7 cm³/mol. The van der Waals surface area contributed by atoms with Crippen LogP contribution in [-0.2, 0) is 14.3 Å². The maximum atomic E-state index is 11.0. The number of hydrogen-bond donors (Lipinski definition) is 2. The second-order valence-corrected chi connectivity index (χ2v) is 3.26. The predicted octanol–water partition coefficient (Wildman–Crippen LogP) is 0.411. The Balaban J connectivity index is 3.78. The van der Waals surface area contributed by atoms with Crippen molar-refractivity contribution in [1.29, 1.82) is 0 Å². The van der Waals surface area contributed by atoms with Gasteiger partial charge in [0.2, 0.25) is 0 Å². The highest BCUT2D eigenvalue weighted by atomic mass is 16.5. The lowest BCUT2D eigenvalue weighted by atomic mass is 10.1. The molecular formula is C9H16O5. The van der Waals surface area contributed by atoms with Crippen LogP contribution in [0.1, 0.15) is 26.7 Å². The standard InChI is InChI=1S/C9H16O5/c1-3-6(2)5-14-9(13)7(10)4-8(11)12/h6-7,10H,3-5H2,1-2H3,(H,11,12). The van der Waals surface area contributed by atoms with Gasteiger partial charge in [-0.05, 0) is 5.92 Å². The van der Waals surface area contributed by atoms with Crippen LogP contribution < -0.4 is 0 Å². The number of carboxylic acids is 1. The van der Waals surface area contributed by atoms with Crippen LogP contribution in [0, 0.1) is 5.92 Å². The molecule has 2 N–H and O–H groups in total. The molecule has 0 aliphatic heterocycles. The van der Waals surface area contributed by atoms with Gasteiger partial charge in [-0.3, -0.25) is 4.79 Å². The molecule has 0 rings (SSSR count). The van der Waals surface area contributed by atoms with E-state index in [4.69, 9.17) is 14.9 Å². The van der Waals surface area contributed by atoms with Crippen molar-refractivity contribution in [3.05, 3.63) is 0 Å². The molecule has 14 heavy (non-hydrogen) atoms. The van der Waals surface area contributed by atoms with Gasteiger partial charge in [0.15, 0.2) is 6.10 Å². The van der Waals surface area contributed by atoms with Crippen LogP contribution in [0.4, 0.5) is 0 Å². The van der Waals surface area contributed by atoms with Crippen molar-refractivity contribution in [2.24, 2.45) is 5.92 Å². The van der Waals surface area contributed by atoms with Crippen LogP contribution in [0.5, 0.6) is 0 Å². The molecule has 2 unspecified atom stereocenters. The molecule has 0 aromatic heterocycles. The van der Waals surface area contributed by atoms with Gasteiger partial charge < -0.3 is 14.9 Å². The zero-order valence-electron chi connectivity index (χ0n) is 8.40. The number of carbonyl (C=O) groups excluding carboxylic acids is 1. The van der Waals surface area contributed by atoms with Gasteiger partial charge in [0, 0.05) is 0 Å². The highest BCUT2D eigenvalue weighted by molar-refractivity contribution is 5.80. The van der Waals surface area contributed by atoms with Crippen molar-refractivity contribution in [2.45, 2.75) is 32.8 Å². The lowest BCUT2D eigenvalue weighted by molar-refractivity contribution is -0.159. The molecule has 2 atom stereocenters. The molecular weight excluding hydrogens is 188 g/mol. The monoisotopic (exact) mass is 204 g/mol. The number of hydrogen-bond acceptors (Lipinski definition) is 4. The third kappa shape index (κ3) is 5.53. The summed E-state index contributed by atoms with van der Waals surface area (Å²) < 4.78 is 4.71. The van der Waals surface area contributed by atoms with Crippen molar-refractivity contribution in [1.82, 2.24) is 0 Å². The van der Waals surface area contributed by atoms with Gasteiger partial charge >= 0.3 is 11.9 Å². The topological polar surface area (TPSA) is 83.8 Å². The summed E-state index contributed by atoms with van der Waals surface area (Å²) in [5.41, 5.74) is 0. The van der Waals surface area contributed by atoms with E-state index < -0.39 is 24.5 Å². The Kier molecular flexibility index (Phi) is 5.87. The molecule has 0 aliphatic rings. The van der Waals surface area contributed by atoms with Crippen molar-refractivity contribution in [2.75, 3.05) is 6.61 Å². The number of aliphatic hydroxyl groups is 1. The summed E-state index contributed by atoms with van der Waals surface area (Å²) in [5.74, 6) is -1.87. The SMILES string of the molecule is CCC(C)COC(=O)C(O)CC(=O)O. The highest BCUT2D eigenvalue weighted by Crippen LogP contribution is 2.03. The molecule has 0 radical (unpaired) electrons. The molecule has 0 aromatic rings. The van der Waals surface area contributed by atoms with Gasteiger partial charge in [-0.25, -0.2) is 4.79 Å². The zero-order valence-corrected chi connectivity index (χ0v) is 8.40. The molecule has 82 valence electrons. The lowest BCUT2D eigenvalue weighted by Gasteiger charge is -2.11. The number of rotatable bonds is 6. The van der Waals surface area contributed by atoms with Gasteiger partial charge in [-0.2, -0.15) is 0 Å². The number of esters is 1. The Labute approximate surface area is 82.7 Å². The first-order chi connectivity index (χ1) is 6.47. The number of carbonyl (C=O) groups is 2. The number of carboxylic acid groups (broad SMARTS) is 1. The van der Waals surface area contributed by atoms with Gasteiger partial charge in [0.25, 0.3) is 0 Å². The summed E-state index contributed by atoms with van der Waals surface area (Å²) in [7, 11) is 0. The van der Waals surface area contributed by atoms with E-state index in [9.17, 15) is 9.59 Å². The minimum atomic E-state index is -1.56. The minimum absolute atomic E-state index is 0.214. The van der Waals surface area contributed by atoms with Crippen LogP contribution in [0.15, 0.2) is 0 Å². The van der Waals surface area contributed by atoms with E-state index in [2.05, 4.69) is 0 Å². The Morgan fingerprint density at radius 1 is 1.43 bits per heavy atom. The fourth-order valence-electron chi connectivity index (χ4n) is 0.687. The minimum Gasteiger partial charge on any atom is -0.481 e. The van der Waals surface area contributed by atoms with Crippen molar-refractivity contribution < 1.29 is 24.5 Å². The average molecular weight is 204 g/mol. The average Bonchev–Trinajstić information content (AvgIpc) is 2.12. The third-order valence-electron chi connectivity index (χ3n) is 1.85. The van der Waals surface area contributed by atoms with Gasteiger partial charge in [-0.1, -0.05) is 20.3 Å². The molecule has 0 fully saturated rings. The molecule has 0 spiro atoms. The molecule has 5 nitrogen and oxygen atoms in total. The molecule has 0 saturated heterocycles. The summed E-state index contributed by atoms with van der Waals surface area (Å²) in [6.07, 6.45) is -1.31. The van der Waals surface area contributed by atoms with Gasteiger partial charge in [-0.15, -0.1) is 0 Å². The summed E-state index contributed by atoms with van der Waals surface area (Å²) >= 11 is 0. The number of ether oxygens (including phenoxy) is 1. The Morgan fingerprint density at radius 3 is 2.43 bits per heavy atom. The molecule has 0 saturated carbocycles. The molecule has 5 heteroatoms. The maximum absolute atomic E-state index is 11.0. The Bertz CT molecular complexity index is 201. The van der Waals surface area contributed by atoms with Crippen LogP contribution in [0.3, 0.4) is 0 Å². The van der Waals surface area contributed by atoms with E-state index >= 15 is 0 Å². The van der Waals surface area contributed by atoms with Gasteiger partial charge in [0.1, 0.15) is 0 Å². The van der Waals surface area contributed by atoms with Gasteiger partial charge in [0.05, 0.1) is 13.0 Å². The number of aliphatic hydroxyl groups excluding tert-OH is 1. The summed E-state index contributed by atoms with van der Waals surface area (Å²) in [6, 6.07) is 0. The third-order valence-corrected chi connectivity index (χ3v) is 1.85. The lowest BCUT2D eigenvalue weighted by Crippen LogP contribution is -2.27. The molecule has 0 heterocycles. The van der Waals surface area contributed by atoms with Crippen LogP contribution >= 0.6 is 0 Å². The second-order valence-electron chi connectivity index (χ2n) is 3.26. The van der Waals surface area contributed by atoms with Crippen molar-refractivity contribution in [3.63, 3.8) is 0 Å². The van der Waals surface area contributed by atoms with Crippen molar-refractivity contribution in [3.8, 4) is 0 Å². The normalized spacial score (nSPS) is 14.5. The van der Waals surface area contributed by atoms with E-state index in [-0.39, 0.29) is 12.5 Å². The fourth-order valence-corrected chi connectivity index (χ4v) is 0.687. The summed E-state index contributed by atoms with van der Waals surface area (Å²) in [6.45, 7) is 4.06. The van der Waals surface area contributed by atoms with E-state index in [0.717, 1.165) is 6.42 Å². The smallest absolute Gasteiger partial charge is 0.335 e. The first kappa shape index (κ1) is 12.9. The van der Waals surface area contributed by atoms with E-state index in [1.165, 1.54) is 0 Å². The molecule has 0 bridgehead atoms.